The van der Waals surface area contributed by atoms with Crippen molar-refractivity contribution in [2.24, 2.45) is 0 Å². The lowest BCUT2D eigenvalue weighted by molar-refractivity contribution is -0.139. The number of morpholine rings is 1. The highest BCUT2D eigenvalue weighted by molar-refractivity contribution is 7.14. The van der Waals surface area contributed by atoms with Crippen LogP contribution in [0.25, 0.3) is 0 Å². The van der Waals surface area contributed by atoms with Crippen LogP contribution in [0.3, 0.4) is 0 Å². The number of carbonyl (C=O) groups is 2. The van der Waals surface area contributed by atoms with Crippen LogP contribution in [0.5, 0.6) is 0 Å². The first kappa shape index (κ1) is 16.9. The van der Waals surface area contributed by atoms with Crippen molar-refractivity contribution in [1.82, 2.24) is 4.90 Å². The number of amides is 1. The minimum Gasteiger partial charge on any atom is -0.370 e. The molecule has 4 nitrogen and oxygen atoms in total. The van der Waals surface area contributed by atoms with Crippen LogP contribution >= 0.6 is 11.3 Å². The first-order valence-corrected chi connectivity index (χ1v) is 8.99. The molecule has 1 aliphatic heterocycles. The average Bonchev–Trinajstić information content (AvgIpc) is 3.07. The lowest BCUT2D eigenvalue weighted by atomic mass is 10.1. The van der Waals surface area contributed by atoms with Crippen molar-refractivity contribution in [2.75, 3.05) is 19.7 Å². The van der Waals surface area contributed by atoms with Gasteiger partial charge in [-0.1, -0.05) is 30.3 Å². The standard InChI is InChI=1S/C19H21NO3S/c1-14-7-9-18(24-14)16(21)8-10-19(22)20-11-12-23-17(13-20)15-5-3-2-4-6-15/h2-7,9,17H,8,10-13H2,1H3. The largest absolute Gasteiger partial charge is 0.370 e. The Labute approximate surface area is 146 Å². The summed E-state index contributed by atoms with van der Waals surface area (Å²) in [6.07, 6.45) is 0.447. The molecule has 1 aromatic carbocycles. The molecule has 0 aliphatic carbocycles. The van der Waals surface area contributed by atoms with E-state index in [0.29, 0.717) is 19.7 Å². The van der Waals surface area contributed by atoms with Gasteiger partial charge in [0.05, 0.1) is 18.0 Å². The molecule has 24 heavy (non-hydrogen) atoms. The molecule has 3 rings (SSSR count). The number of hydrogen-bond donors (Lipinski definition) is 0. The van der Waals surface area contributed by atoms with E-state index in [4.69, 9.17) is 4.74 Å². The van der Waals surface area contributed by atoms with Crippen LogP contribution in [-0.4, -0.2) is 36.3 Å². The highest BCUT2D eigenvalue weighted by atomic mass is 32.1. The van der Waals surface area contributed by atoms with Gasteiger partial charge in [-0.2, -0.15) is 0 Å². The maximum absolute atomic E-state index is 12.4. The van der Waals surface area contributed by atoms with Gasteiger partial charge < -0.3 is 9.64 Å². The fraction of sp³-hybridized carbons (Fsp3) is 0.368. The number of carbonyl (C=O) groups excluding carboxylic acids is 2. The van der Waals surface area contributed by atoms with Crippen LogP contribution < -0.4 is 0 Å². The van der Waals surface area contributed by atoms with Crippen molar-refractivity contribution < 1.29 is 14.3 Å². The van der Waals surface area contributed by atoms with Crippen molar-refractivity contribution in [2.45, 2.75) is 25.9 Å². The normalized spacial score (nSPS) is 17.7. The SMILES string of the molecule is Cc1ccc(C(=O)CCC(=O)N2CCOC(c3ccccc3)C2)s1. The zero-order valence-electron chi connectivity index (χ0n) is 13.7. The number of ether oxygens (including phenoxy) is 1. The Morgan fingerprint density at radius 1 is 1.17 bits per heavy atom. The monoisotopic (exact) mass is 343 g/mol. The van der Waals surface area contributed by atoms with E-state index in [1.54, 1.807) is 0 Å². The summed E-state index contributed by atoms with van der Waals surface area (Å²) < 4.78 is 5.78. The van der Waals surface area contributed by atoms with Crippen LogP contribution in [0.2, 0.25) is 0 Å². The van der Waals surface area contributed by atoms with E-state index in [-0.39, 0.29) is 30.6 Å². The molecule has 1 unspecified atom stereocenters. The maximum atomic E-state index is 12.4. The summed E-state index contributed by atoms with van der Waals surface area (Å²) in [5.74, 6) is 0.0789. The second kappa shape index (κ2) is 7.73. The second-order valence-corrected chi connectivity index (χ2v) is 7.23. The highest BCUT2D eigenvalue weighted by Gasteiger charge is 2.25. The molecule has 1 atom stereocenters. The van der Waals surface area contributed by atoms with Gasteiger partial charge in [-0.25, -0.2) is 0 Å². The Kier molecular flexibility index (Phi) is 5.43. The van der Waals surface area contributed by atoms with E-state index in [9.17, 15) is 9.59 Å². The summed E-state index contributed by atoms with van der Waals surface area (Å²) in [6.45, 7) is 3.65. The van der Waals surface area contributed by atoms with E-state index in [2.05, 4.69) is 0 Å². The molecule has 1 aliphatic rings. The summed E-state index contributed by atoms with van der Waals surface area (Å²) in [6, 6.07) is 13.7. The van der Waals surface area contributed by atoms with E-state index >= 15 is 0 Å². The van der Waals surface area contributed by atoms with Gasteiger partial charge in [0.15, 0.2) is 5.78 Å². The van der Waals surface area contributed by atoms with Crippen molar-refractivity contribution in [1.29, 1.82) is 0 Å². The summed E-state index contributed by atoms with van der Waals surface area (Å²) in [7, 11) is 0. The number of hydrogen-bond acceptors (Lipinski definition) is 4. The third-order valence-corrected chi connectivity index (χ3v) is 5.21. The Morgan fingerprint density at radius 3 is 2.67 bits per heavy atom. The van der Waals surface area contributed by atoms with Gasteiger partial charge >= 0.3 is 0 Å². The molecule has 2 aromatic rings. The number of thiophene rings is 1. The van der Waals surface area contributed by atoms with Gasteiger partial charge in [0.2, 0.25) is 5.91 Å². The van der Waals surface area contributed by atoms with Crippen LogP contribution in [0.15, 0.2) is 42.5 Å². The molecule has 1 fully saturated rings. The van der Waals surface area contributed by atoms with Gasteiger partial charge in [0, 0.05) is 24.3 Å². The van der Waals surface area contributed by atoms with E-state index < -0.39 is 0 Å². The summed E-state index contributed by atoms with van der Waals surface area (Å²) in [4.78, 5) is 28.3. The second-order valence-electron chi connectivity index (χ2n) is 5.94. The molecule has 1 amide bonds. The van der Waals surface area contributed by atoms with Crippen molar-refractivity contribution in [3.63, 3.8) is 0 Å². The number of ketones is 1. The molecule has 0 bridgehead atoms. The van der Waals surface area contributed by atoms with E-state index in [1.165, 1.54) is 11.3 Å². The fourth-order valence-corrected chi connectivity index (χ4v) is 3.67. The predicted molar refractivity (Wildman–Crippen MR) is 94.3 cm³/mol. The molecule has 1 aromatic heterocycles. The average molecular weight is 343 g/mol. The van der Waals surface area contributed by atoms with Crippen LogP contribution in [0, 0.1) is 6.92 Å². The smallest absolute Gasteiger partial charge is 0.223 e. The highest BCUT2D eigenvalue weighted by Crippen LogP contribution is 2.23. The molecule has 0 N–H and O–H groups in total. The summed E-state index contributed by atoms with van der Waals surface area (Å²) in [5, 5.41) is 0. The van der Waals surface area contributed by atoms with Crippen molar-refractivity contribution in [3.05, 3.63) is 57.8 Å². The van der Waals surface area contributed by atoms with Crippen LogP contribution in [-0.2, 0) is 9.53 Å². The number of nitrogens with zero attached hydrogens (tertiary/aromatic N) is 1. The third kappa shape index (κ3) is 4.10. The van der Waals surface area contributed by atoms with Crippen molar-refractivity contribution in [3.8, 4) is 0 Å². The summed E-state index contributed by atoms with van der Waals surface area (Å²) >= 11 is 1.49. The molecule has 2 heterocycles. The molecule has 0 radical (unpaired) electrons. The zero-order chi connectivity index (χ0) is 16.9. The van der Waals surface area contributed by atoms with Gasteiger partial charge in [-0.3, -0.25) is 9.59 Å². The van der Waals surface area contributed by atoms with Gasteiger partial charge in [-0.15, -0.1) is 11.3 Å². The van der Waals surface area contributed by atoms with E-state index in [0.717, 1.165) is 15.3 Å². The van der Waals surface area contributed by atoms with E-state index in [1.807, 2.05) is 54.3 Å². The first-order valence-electron chi connectivity index (χ1n) is 8.17. The van der Waals surface area contributed by atoms with Gasteiger partial charge in [0.25, 0.3) is 0 Å². The van der Waals surface area contributed by atoms with Crippen LogP contribution in [0.1, 0.15) is 39.1 Å². The topological polar surface area (TPSA) is 46.6 Å². The Hall–Kier alpha value is -1.98. The Balaban J connectivity index is 1.54. The lowest BCUT2D eigenvalue weighted by Gasteiger charge is -2.33. The van der Waals surface area contributed by atoms with Gasteiger partial charge in [-0.05, 0) is 24.6 Å². The minimum absolute atomic E-state index is 0.0286. The molecule has 126 valence electrons. The Bertz CT molecular complexity index is 710. The maximum Gasteiger partial charge on any atom is 0.223 e. The number of benzene rings is 1. The molecule has 5 heteroatoms. The number of rotatable bonds is 5. The quantitative estimate of drug-likeness (QED) is 0.779. The third-order valence-electron chi connectivity index (χ3n) is 4.17. The van der Waals surface area contributed by atoms with Crippen LogP contribution in [0.4, 0.5) is 0 Å². The van der Waals surface area contributed by atoms with Crippen molar-refractivity contribution >= 4 is 23.0 Å². The molecular weight excluding hydrogens is 322 g/mol. The Morgan fingerprint density at radius 2 is 1.96 bits per heavy atom. The number of Topliss-reactive ketones (excluding diaryl/α,β-unsaturated/α-hetero) is 1. The lowest BCUT2D eigenvalue weighted by Crippen LogP contribution is -2.42. The molecule has 0 spiro atoms. The fourth-order valence-electron chi connectivity index (χ4n) is 2.83. The summed E-state index contributed by atoms with van der Waals surface area (Å²) in [5.41, 5.74) is 1.08. The van der Waals surface area contributed by atoms with Gasteiger partial charge in [0.1, 0.15) is 6.10 Å². The minimum atomic E-state index is -0.0838. The zero-order valence-corrected chi connectivity index (χ0v) is 14.6. The first-order chi connectivity index (χ1) is 11.6. The molecule has 0 saturated carbocycles. The number of aryl methyl sites for hydroxylation is 1. The molecule has 1 saturated heterocycles. The predicted octanol–water partition coefficient (Wildman–Crippen LogP) is 3.62. The molecular formula is C19H21NO3S.